The van der Waals surface area contributed by atoms with Crippen LogP contribution in [0.25, 0.3) is 0 Å². The van der Waals surface area contributed by atoms with Crippen molar-refractivity contribution in [3.63, 3.8) is 0 Å². The van der Waals surface area contributed by atoms with E-state index in [1.54, 1.807) is 13.2 Å². The number of benzene rings is 2. The molecule has 1 N–H and O–H groups in total. The van der Waals surface area contributed by atoms with Gasteiger partial charge >= 0.3 is 0 Å². The Hall–Kier alpha value is -2.71. The van der Waals surface area contributed by atoms with Gasteiger partial charge in [0.05, 0.1) is 12.9 Å². The number of nitrogens with one attached hydrogen (secondary N) is 1. The van der Waals surface area contributed by atoms with E-state index in [0.717, 1.165) is 5.56 Å². The second-order valence-corrected chi connectivity index (χ2v) is 8.81. The van der Waals surface area contributed by atoms with Crippen molar-refractivity contribution < 1.29 is 14.3 Å². The second-order valence-electron chi connectivity index (χ2n) is 7.46. The molecule has 1 unspecified atom stereocenters. The molecule has 3 rings (SSSR count). The number of thioether (sulfide) groups is 1. The van der Waals surface area contributed by atoms with E-state index in [0.29, 0.717) is 33.2 Å². The van der Waals surface area contributed by atoms with Gasteiger partial charge in [0.2, 0.25) is 5.91 Å². The molecule has 0 aliphatic rings. The lowest BCUT2D eigenvalue weighted by molar-refractivity contribution is -0.113. The number of carbonyl (C=O) groups excluding carboxylic acids is 1. The minimum Gasteiger partial charge on any atom is -0.493 e. The van der Waals surface area contributed by atoms with Crippen molar-refractivity contribution in [1.82, 2.24) is 14.8 Å². The Morgan fingerprint density at radius 2 is 1.84 bits per heavy atom. The topological polar surface area (TPSA) is 78.3 Å². The van der Waals surface area contributed by atoms with Crippen LogP contribution < -0.4 is 14.8 Å². The molecule has 0 aliphatic heterocycles. The first-order valence-corrected chi connectivity index (χ1v) is 11.6. The fourth-order valence-corrected chi connectivity index (χ4v) is 4.22. The number of para-hydroxylation sites is 2. The van der Waals surface area contributed by atoms with Gasteiger partial charge in [0, 0.05) is 16.8 Å². The maximum atomic E-state index is 12.5. The van der Waals surface area contributed by atoms with Gasteiger partial charge in [0.25, 0.3) is 0 Å². The van der Waals surface area contributed by atoms with Crippen molar-refractivity contribution >= 4 is 35.0 Å². The minimum atomic E-state index is -0.363. The van der Waals surface area contributed by atoms with E-state index in [-0.39, 0.29) is 23.8 Å². The van der Waals surface area contributed by atoms with Crippen LogP contribution in [0, 0.1) is 6.92 Å². The number of hydrogen-bond donors (Lipinski definition) is 1. The van der Waals surface area contributed by atoms with E-state index in [4.69, 9.17) is 21.1 Å². The first-order chi connectivity index (χ1) is 15.3. The summed E-state index contributed by atoms with van der Waals surface area (Å²) in [5.74, 6) is 2.01. The minimum absolute atomic E-state index is 0.0875. The molecule has 1 heterocycles. The molecule has 1 atom stereocenters. The lowest BCUT2D eigenvalue weighted by Crippen LogP contribution is -2.17. The molecule has 7 nitrogen and oxygen atoms in total. The van der Waals surface area contributed by atoms with E-state index in [2.05, 4.69) is 15.5 Å². The zero-order valence-electron chi connectivity index (χ0n) is 18.8. The number of rotatable bonds is 9. The SMILES string of the molecule is COc1ccccc1OC(C)c1nnc(SCC(=O)Nc2cccc(Cl)c2C)n1C(C)C. The van der Waals surface area contributed by atoms with Crippen molar-refractivity contribution in [2.45, 2.75) is 45.0 Å². The highest BCUT2D eigenvalue weighted by Gasteiger charge is 2.23. The predicted octanol–water partition coefficient (Wildman–Crippen LogP) is 5.70. The standard InChI is InChI=1S/C23H27ClN4O3S/c1-14(2)28-22(16(4)31-20-12-7-6-11-19(20)30-5)26-27-23(28)32-13-21(29)25-18-10-8-9-17(24)15(18)3/h6-12,14,16H,13H2,1-5H3,(H,25,29). The van der Waals surface area contributed by atoms with Crippen molar-refractivity contribution in [3.8, 4) is 11.5 Å². The van der Waals surface area contributed by atoms with Crippen LogP contribution in [0.5, 0.6) is 11.5 Å². The summed E-state index contributed by atoms with van der Waals surface area (Å²) in [4.78, 5) is 12.5. The van der Waals surface area contributed by atoms with Crippen LogP contribution in [-0.4, -0.2) is 33.5 Å². The van der Waals surface area contributed by atoms with E-state index < -0.39 is 0 Å². The lowest BCUT2D eigenvalue weighted by atomic mass is 10.2. The fraction of sp³-hybridized carbons (Fsp3) is 0.348. The van der Waals surface area contributed by atoms with Crippen LogP contribution in [0.1, 0.15) is 44.3 Å². The van der Waals surface area contributed by atoms with Gasteiger partial charge in [0.1, 0.15) is 0 Å². The second kappa shape index (κ2) is 10.7. The molecule has 0 fully saturated rings. The average Bonchev–Trinajstić information content (AvgIpc) is 3.20. The third-order valence-corrected chi connectivity index (χ3v) is 6.17. The number of aromatic nitrogens is 3. The summed E-state index contributed by atoms with van der Waals surface area (Å²) in [7, 11) is 1.61. The van der Waals surface area contributed by atoms with Crippen LogP contribution in [0.4, 0.5) is 5.69 Å². The molecule has 9 heteroatoms. The van der Waals surface area contributed by atoms with E-state index in [1.807, 2.05) is 68.7 Å². The molecule has 0 saturated heterocycles. The van der Waals surface area contributed by atoms with Crippen molar-refractivity contribution in [2.75, 3.05) is 18.2 Å². The molecule has 170 valence electrons. The normalized spacial score (nSPS) is 12.0. The average molecular weight is 475 g/mol. The summed E-state index contributed by atoms with van der Waals surface area (Å²) in [5, 5.41) is 12.8. The summed E-state index contributed by atoms with van der Waals surface area (Å²) >= 11 is 7.47. The zero-order chi connectivity index (χ0) is 23.3. The number of ether oxygens (including phenoxy) is 2. The Morgan fingerprint density at radius 3 is 2.53 bits per heavy atom. The van der Waals surface area contributed by atoms with Crippen LogP contribution >= 0.6 is 23.4 Å². The number of methoxy groups -OCH3 is 1. The highest BCUT2D eigenvalue weighted by atomic mass is 35.5. The third-order valence-electron chi connectivity index (χ3n) is 4.82. The van der Waals surface area contributed by atoms with Crippen LogP contribution in [0.2, 0.25) is 5.02 Å². The van der Waals surface area contributed by atoms with Crippen LogP contribution in [-0.2, 0) is 4.79 Å². The molecule has 0 spiro atoms. The number of amides is 1. The smallest absolute Gasteiger partial charge is 0.234 e. The quantitative estimate of drug-likeness (QED) is 0.401. The maximum Gasteiger partial charge on any atom is 0.234 e. The van der Waals surface area contributed by atoms with Gasteiger partial charge in [-0.2, -0.15) is 0 Å². The Kier molecular flexibility index (Phi) is 8.04. The molecule has 1 amide bonds. The monoisotopic (exact) mass is 474 g/mol. The van der Waals surface area contributed by atoms with E-state index in [9.17, 15) is 4.79 Å². The number of anilines is 1. The van der Waals surface area contributed by atoms with Crippen molar-refractivity contribution in [1.29, 1.82) is 0 Å². The van der Waals surface area contributed by atoms with Crippen molar-refractivity contribution in [2.24, 2.45) is 0 Å². The number of halogens is 1. The molecule has 0 bridgehead atoms. The summed E-state index contributed by atoms with van der Waals surface area (Å²) in [6.07, 6.45) is -0.363. The highest BCUT2D eigenvalue weighted by molar-refractivity contribution is 7.99. The summed E-state index contributed by atoms with van der Waals surface area (Å²) < 4.78 is 13.5. The molecule has 0 radical (unpaired) electrons. The van der Waals surface area contributed by atoms with Crippen LogP contribution in [0.3, 0.4) is 0 Å². The molecular weight excluding hydrogens is 448 g/mol. The summed E-state index contributed by atoms with van der Waals surface area (Å²) in [6.45, 7) is 7.87. The first kappa shape index (κ1) is 23.9. The number of hydrogen-bond acceptors (Lipinski definition) is 6. The number of carbonyl (C=O) groups is 1. The molecule has 0 saturated carbocycles. The van der Waals surface area contributed by atoms with E-state index in [1.165, 1.54) is 11.8 Å². The van der Waals surface area contributed by atoms with Gasteiger partial charge in [-0.25, -0.2) is 0 Å². The van der Waals surface area contributed by atoms with Crippen LogP contribution in [0.15, 0.2) is 47.6 Å². The molecule has 2 aromatic carbocycles. The van der Waals surface area contributed by atoms with Gasteiger partial charge in [-0.3, -0.25) is 4.79 Å². The van der Waals surface area contributed by atoms with Gasteiger partial charge in [-0.15, -0.1) is 10.2 Å². The molecular formula is C23H27ClN4O3S. The van der Waals surface area contributed by atoms with Gasteiger partial charge in [-0.05, 0) is 57.5 Å². The first-order valence-electron chi connectivity index (χ1n) is 10.2. The van der Waals surface area contributed by atoms with Gasteiger partial charge < -0.3 is 19.4 Å². The Morgan fingerprint density at radius 1 is 1.12 bits per heavy atom. The Balaban J connectivity index is 1.71. The summed E-state index contributed by atoms with van der Waals surface area (Å²) in [5.41, 5.74) is 1.54. The largest absolute Gasteiger partial charge is 0.493 e. The lowest BCUT2D eigenvalue weighted by Gasteiger charge is -2.19. The maximum absolute atomic E-state index is 12.5. The van der Waals surface area contributed by atoms with Crippen molar-refractivity contribution in [3.05, 3.63) is 58.9 Å². The predicted molar refractivity (Wildman–Crippen MR) is 128 cm³/mol. The Bertz CT molecular complexity index is 1090. The van der Waals surface area contributed by atoms with E-state index >= 15 is 0 Å². The molecule has 32 heavy (non-hydrogen) atoms. The van der Waals surface area contributed by atoms with Gasteiger partial charge in [0.15, 0.2) is 28.6 Å². The molecule has 0 aliphatic carbocycles. The molecule has 3 aromatic rings. The fourth-order valence-electron chi connectivity index (χ4n) is 3.17. The highest BCUT2D eigenvalue weighted by Crippen LogP contribution is 2.32. The Labute approximate surface area is 197 Å². The molecule has 1 aromatic heterocycles. The summed E-state index contributed by atoms with van der Waals surface area (Å²) in [6, 6.07) is 13.0. The zero-order valence-corrected chi connectivity index (χ0v) is 20.3. The van der Waals surface area contributed by atoms with Gasteiger partial charge in [-0.1, -0.05) is 41.6 Å². The number of nitrogens with zero attached hydrogens (tertiary/aromatic N) is 3. The third kappa shape index (κ3) is 5.55.